The predicted molar refractivity (Wildman–Crippen MR) is 77.3 cm³/mol. The lowest BCUT2D eigenvalue weighted by Gasteiger charge is -2.13. The highest BCUT2D eigenvalue weighted by atomic mass is 32.1. The normalized spacial score (nSPS) is 11.1. The Hall–Kier alpha value is -1.73. The summed E-state index contributed by atoms with van der Waals surface area (Å²) in [7, 11) is 2.01. The van der Waals surface area contributed by atoms with Gasteiger partial charge >= 0.3 is 0 Å². The summed E-state index contributed by atoms with van der Waals surface area (Å²) in [5.74, 6) is -0.160. The molecule has 0 unspecified atom stereocenters. The average molecular weight is 279 g/mol. The van der Waals surface area contributed by atoms with Crippen molar-refractivity contribution in [1.82, 2.24) is 20.2 Å². The van der Waals surface area contributed by atoms with Gasteiger partial charge in [0, 0.05) is 25.5 Å². The minimum Gasteiger partial charge on any atom is -0.396 e. The van der Waals surface area contributed by atoms with Crippen LogP contribution in [0.4, 0.5) is 5.69 Å². The molecule has 2 aromatic rings. The van der Waals surface area contributed by atoms with E-state index in [1.165, 1.54) is 11.3 Å². The van der Waals surface area contributed by atoms with Gasteiger partial charge in [-0.3, -0.25) is 4.79 Å². The van der Waals surface area contributed by atoms with Gasteiger partial charge in [0.1, 0.15) is 15.2 Å². The van der Waals surface area contributed by atoms with Crippen LogP contribution in [0.2, 0.25) is 0 Å². The number of aromatic nitrogens is 2. The van der Waals surface area contributed by atoms with E-state index in [4.69, 9.17) is 5.73 Å². The van der Waals surface area contributed by atoms with Crippen molar-refractivity contribution in [3.05, 3.63) is 17.3 Å². The van der Waals surface area contributed by atoms with Gasteiger partial charge in [-0.2, -0.15) is 0 Å². The molecule has 3 N–H and O–H groups in total. The predicted octanol–water partition coefficient (Wildman–Crippen LogP) is 0.955. The molecule has 19 heavy (non-hydrogen) atoms. The first-order valence-electron chi connectivity index (χ1n) is 6.09. The number of nitrogens with one attached hydrogen (secondary N) is 1. The average Bonchev–Trinajstić information content (AvgIpc) is 2.76. The molecule has 0 aromatic carbocycles. The van der Waals surface area contributed by atoms with Crippen LogP contribution in [0, 0.1) is 0 Å². The Balaban J connectivity index is 2.07. The van der Waals surface area contributed by atoms with Crippen molar-refractivity contribution < 1.29 is 4.79 Å². The number of hydrogen-bond donors (Lipinski definition) is 2. The van der Waals surface area contributed by atoms with E-state index >= 15 is 0 Å². The van der Waals surface area contributed by atoms with Gasteiger partial charge in [-0.1, -0.05) is 6.92 Å². The number of carbonyl (C=O) groups is 1. The van der Waals surface area contributed by atoms with Gasteiger partial charge in [-0.15, -0.1) is 11.3 Å². The number of rotatable bonds is 5. The SMILES string of the molecule is CCN(C)CCNC(=O)c1sc2nccnc2c1N. The Morgan fingerprint density at radius 2 is 2.21 bits per heavy atom. The topological polar surface area (TPSA) is 84.1 Å². The number of nitrogen functional groups attached to an aromatic ring is 1. The highest BCUT2D eigenvalue weighted by molar-refractivity contribution is 7.21. The van der Waals surface area contributed by atoms with Crippen LogP contribution >= 0.6 is 11.3 Å². The van der Waals surface area contributed by atoms with Gasteiger partial charge in [0.2, 0.25) is 0 Å². The van der Waals surface area contributed by atoms with Crippen molar-refractivity contribution in [2.24, 2.45) is 0 Å². The Morgan fingerprint density at radius 3 is 2.89 bits per heavy atom. The van der Waals surface area contributed by atoms with Gasteiger partial charge in [0.15, 0.2) is 0 Å². The van der Waals surface area contributed by atoms with E-state index < -0.39 is 0 Å². The smallest absolute Gasteiger partial charge is 0.263 e. The van der Waals surface area contributed by atoms with Crippen molar-refractivity contribution >= 4 is 33.3 Å². The largest absolute Gasteiger partial charge is 0.396 e. The summed E-state index contributed by atoms with van der Waals surface area (Å²) < 4.78 is 0. The number of nitrogens with zero attached hydrogens (tertiary/aromatic N) is 3. The Morgan fingerprint density at radius 1 is 1.47 bits per heavy atom. The third kappa shape index (κ3) is 2.99. The van der Waals surface area contributed by atoms with E-state index in [9.17, 15) is 4.79 Å². The molecule has 1 amide bonds. The first-order valence-corrected chi connectivity index (χ1v) is 6.90. The monoisotopic (exact) mass is 279 g/mol. The van der Waals surface area contributed by atoms with E-state index in [0.717, 1.165) is 13.1 Å². The van der Waals surface area contributed by atoms with E-state index in [0.29, 0.717) is 27.5 Å². The molecule has 7 heteroatoms. The maximum atomic E-state index is 12.1. The molecule has 0 saturated heterocycles. The molecule has 0 aliphatic carbocycles. The summed E-state index contributed by atoms with van der Waals surface area (Å²) in [6.45, 7) is 4.43. The van der Waals surface area contributed by atoms with Gasteiger partial charge in [0.25, 0.3) is 5.91 Å². The third-order valence-electron chi connectivity index (χ3n) is 2.89. The second kappa shape index (κ2) is 5.94. The fourth-order valence-corrected chi connectivity index (χ4v) is 2.55. The molecule has 0 saturated carbocycles. The van der Waals surface area contributed by atoms with E-state index in [2.05, 4.69) is 27.1 Å². The van der Waals surface area contributed by atoms with Crippen molar-refractivity contribution in [3.8, 4) is 0 Å². The molecule has 0 radical (unpaired) electrons. The van der Waals surface area contributed by atoms with Crippen LogP contribution in [0.3, 0.4) is 0 Å². The van der Waals surface area contributed by atoms with Gasteiger partial charge < -0.3 is 16.0 Å². The molecule has 0 bridgehead atoms. The van der Waals surface area contributed by atoms with Crippen molar-refractivity contribution in [1.29, 1.82) is 0 Å². The van der Waals surface area contributed by atoms with Crippen molar-refractivity contribution in [2.45, 2.75) is 6.92 Å². The Bertz CT molecular complexity index is 583. The van der Waals surface area contributed by atoms with E-state index in [1.807, 2.05) is 7.05 Å². The zero-order valence-corrected chi connectivity index (χ0v) is 11.8. The minimum absolute atomic E-state index is 0.160. The number of anilines is 1. The minimum atomic E-state index is -0.160. The lowest BCUT2D eigenvalue weighted by atomic mass is 10.3. The molecule has 6 nitrogen and oxygen atoms in total. The molecule has 0 spiro atoms. The quantitative estimate of drug-likeness (QED) is 0.851. The summed E-state index contributed by atoms with van der Waals surface area (Å²) in [5, 5.41) is 2.86. The number of fused-ring (bicyclic) bond motifs is 1. The summed E-state index contributed by atoms with van der Waals surface area (Å²) in [5.41, 5.74) is 6.95. The maximum absolute atomic E-state index is 12.1. The van der Waals surface area contributed by atoms with E-state index in [-0.39, 0.29) is 5.91 Å². The molecule has 102 valence electrons. The highest BCUT2D eigenvalue weighted by Crippen LogP contribution is 2.30. The highest BCUT2D eigenvalue weighted by Gasteiger charge is 2.17. The summed E-state index contributed by atoms with van der Waals surface area (Å²) in [6.07, 6.45) is 3.17. The van der Waals surface area contributed by atoms with Crippen molar-refractivity contribution in [2.75, 3.05) is 32.4 Å². The van der Waals surface area contributed by atoms with Crippen LogP contribution in [0.5, 0.6) is 0 Å². The van der Waals surface area contributed by atoms with Crippen LogP contribution < -0.4 is 11.1 Å². The fraction of sp³-hybridized carbons (Fsp3) is 0.417. The Labute approximate surface area is 115 Å². The Kier molecular flexibility index (Phi) is 4.28. The second-order valence-electron chi connectivity index (χ2n) is 4.21. The lowest BCUT2D eigenvalue weighted by molar-refractivity contribution is 0.0955. The molecule has 2 aromatic heterocycles. The molecule has 0 aliphatic heterocycles. The number of likely N-dealkylation sites (N-methyl/N-ethyl adjacent to an activating group) is 1. The lowest BCUT2D eigenvalue weighted by Crippen LogP contribution is -2.32. The van der Waals surface area contributed by atoms with Crippen LogP contribution in [0.1, 0.15) is 16.6 Å². The zero-order chi connectivity index (χ0) is 13.8. The summed E-state index contributed by atoms with van der Waals surface area (Å²) in [6, 6.07) is 0. The zero-order valence-electron chi connectivity index (χ0n) is 11.0. The number of carbonyl (C=O) groups excluding carboxylic acids is 1. The summed E-state index contributed by atoms with van der Waals surface area (Å²) >= 11 is 1.27. The van der Waals surface area contributed by atoms with Crippen LogP contribution in [0.15, 0.2) is 12.4 Å². The third-order valence-corrected chi connectivity index (χ3v) is 3.99. The van der Waals surface area contributed by atoms with Gasteiger partial charge in [-0.05, 0) is 13.6 Å². The molecule has 0 atom stereocenters. The number of amides is 1. The molecular formula is C12H17N5OS. The molecule has 2 heterocycles. The van der Waals surface area contributed by atoms with Crippen LogP contribution in [-0.4, -0.2) is 47.5 Å². The number of nitrogens with two attached hydrogens (primary N) is 1. The van der Waals surface area contributed by atoms with Gasteiger partial charge in [-0.25, -0.2) is 9.97 Å². The summed E-state index contributed by atoms with van der Waals surface area (Å²) in [4.78, 5) is 23.6. The molecule has 2 rings (SSSR count). The fourth-order valence-electron chi connectivity index (χ4n) is 1.61. The van der Waals surface area contributed by atoms with E-state index in [1.54, 1.807) is 12.4 Å². The number of thiophene rings is 1. The molecule has 0 fully saturated rings. The van der Waals surface area contributed by atoms with Crippen molar-refractivity contribution in [3.63, 3.8) is 0 Å². The molecule has 0 aliphatic rings. The number of hydrogen-bond acceptors (Lipinski definition) is 6. The van der Waals surface area contributed by atoms with Crippen LogP contribution in [-0.2, 0) is 0 Å². The second-order valence-corrected chi connectivity index (χ2v) is 5.21. The first kappa shape index (κ1) is 13.7. The molecular weight excluding hydrogens is 262 g/mol. The maximum Gasteiger partial charge on any atom is 0.263 e. The van der Waals surface area contributed by atoms with Crippen LogP contribution in [0.25, 0.3) is 10.3 Å². The van der Waals surface area contributed by atoms with Gasteiger partial charge in [0.05, 0.1) is 5.69 Å². The standard InChI is InChI=1S/C12H17N5OS/c1-3-17(2)7-6-15-11(18)10-8(13)9-12(19-10)16-5-4-14-9/h4-5H,3,6-7,13H2,1-2H3,(H,15,18). The first-order chi connectivity index (χ1) is 9.13.